The van der Waals surface area contributed by atoms with E-state index in [4.69, 9.17) is 0 Å². The van der Waals surface area contributed by atoms with Gasteiger partial charge in [0.1, 0.15) is 9.79 Å². The fourth-order valence-corrected chi connectivity index (χ4v) is 5.47. The third-order valence-electron chi connectivity index (χ3n) is 5.97. The SMILES string of the molecule is O=S(=O)(O)c1ccccc1C=CC1=CCC(C=Cc2ccccc2S(=O)(=O)O)(c2ccccc2)C=C1. The number of allylic oxidation sites excluding steroid dienone is 6. The number of hydrogen-bond acceptors (Lipinski definition) is 4. The van der Waals surface area contributed by atoms with Crippen molar-refractivity contribution in [3.8, 4) is 0 Å². The van der Waals surface area contributed by atoms with Gasteiger partial charge in [0.2, 0.25) is 0 Å². The first-order valence-electron chi connectivity index (χ1n) is 11.0. The predicted molar refractivity (Wildman–Crippen MR) is 141 cm³/mol. The molecule has 0 fully saturated rings. The second-order valence-corrected chi connectivity index (χ2v) is 11.1. The molecular formula is C28H24O6S2. The van der Waals surface area contributed by atoms with Crippen LogP contribution in [0.3, 0.4) is 0 Å². The topological polar surface area (TPSA) is 109 Å². The maximum Gasteiger partial charge on any atom is 0.295 e. The molecule has 0 saturated heterocycles. The normalized spacial score (nSPS) is 18.6. The van der Waals surface area contributed by atoms with Crippen LogP contribution in [-0.2, 0) is 25.7 Å². The molecule has 0 radical (unpaired) electrons. The molecule has 0 bridgehead atoms. The number of benzene rings is 3. The highest BCUT2D eigenvalue weighted by molar-refractivity contribution is 7.86. The molecule has 3 aromatic rings. The summed E-state index contributed by atoms with van der Waals surface area (Å²) < 4.78 is 66.0. The summed E-state index contributed by atoms with van der Waals surface area (Å²) in [6.45, 7) is 0. The summed E-state index contributed by atoms with van der Waals surface area (Å²) in [4.78, 5) is -0.332. The average molecular weight is 521 g/mol. The molecule has 0 saturated carbocycles. The van der Waals surface area contributed by atoms with Gasteiger partial charge in [-0.2, -0.15) is 16.8 Å². The van der Waals surface area contributed by atoms with Gasteiger partial charge in [-0.05, 0) is 40.8 Å². The summed E-state index contributed by atoms with van der Waals surface area (Å²) in [5.41, 5.74) is 2.02. The van der Waals surface area contributed by atoms with Gasteiger partial charge in [0.05, 0.1) is 0 Å². The van der Waals surface area contributed by atoms with Crippen molar-refractivity contribution < 1.29 is 25.9 Å². The van der Waals surface area contributed by atoms with E-state index in [2.05, 4.69) is 0 Å². The first-order valence-corrected chi connectivity index (χ1v) is 13.9. The lowest BCUT2D eigenvalue weighted by molar-refractivity contribution is 0.480. The minimum absolute atomic E-state index is 0.166. The molecule has 8 heteroatoms. The van der Waals surface area contributed by atoms with Crippen LogP contribution in [0.15, 0.2) is 125 Å². The maximum atomic E-state index is 11.8. The van der Waals surface area contributed by atoms with Gasteiger partial charge in [-0.15, -0.1) is 0 Å². The van der Waals surface area contributed by atoms with E-state index in [0.717, 1.165) is 11.1 Å². The Bertz CT molecular complexity index is 1600. The third-order valence-corrected chi connectivity index (χ3v) is 7.82. The Kier molecular flexibility index (Phi) is 7.23. The molecule has 1 atom stereocenters. The highest BCUT2D eigenvalue weighted by Crippen LogP contribution is 2.37. The van der Waals surface area contributed by atoms with Crippen LogP contribution < -0.4 is 0 Å². The molecule has 3 aromatic carbocycles. The van der Waals surface area contributed by atoms with Gasteiger partial charge in [0.15, 0.2) is 0 Å². The van der Waals surface area contributed by atoms with Crippen molar-refractivity contribution in [1.82, 2.24) is 0 Å². The van der Waals surface area contributed by atoms with E-state index >= 15 is 0 Å². The van der Waals surface area contributed by atoms with Crippen LogP contribution in [0.2, 0.25) is 0 Å². The van der Waals surface area contributed by atoms with Crippen LogP contribution >= 0.6 is 0 Å². The van der Waals surface area contributed by atoms with E-state index in [0.29, 0.717) is 17.5 Å². The Morgan fingerprint density at radius 3 is 1.72 bits per heavy atom. The van der Waals surface area contributed by atoms with E-state index in [1.54, 1.807) is 54.6 Å². The molecule has 1 aliphatic carbocycles. The molecule has 0 heterocycles. The van der Waals surface area contributed by atoms with Crippen LogP contribution in [0, 0.1) is 0 Å². The standard InChI is InChI=1S/C28H24O6S2/c29-35(30,31)26-12-6-4-8-23(26)15-14-22-16-19-28(20-17-22,25-10-2-1-3-11-25)21-18-24-9-5-7-13-27(24)36(32,33)34/h1-19,21H,20H2,(H,29,30,31)(H,32,33,34). The molecule has 1 aliphatic rings. The second kappa shape index (κ2) is 10.2. The zero-order valence-electron chi connectivity index (χ0n) is 19.1. The van der Waals surface area contributed by atoms with Crippen molar-refractivity contribution in [2.75, 3.05) is 0 Å². The summed E-state index contributed by atoms with van der Waals surface area (Å²) in [5.74, 6) is 0. The van der Waals surface area contributed by atoms with Crippen LogP contribution in [0.25, 0.3) is 12.2 Å². The Balaban J connectivity index is 1.68. The van der Waals surface area contributed by atoms with Crippen LogP contribution in [0.4, 0.5) is 0 Å². The van der Waals surface area contributed by atoms with Gasteiger partial charge in [-0.3, -0.25) is 9.11 Å². The maximum absolute atomic E-state index is 11.8. The van der Waals surface area contributed by atoms with Crippen molar-refractivity contribution in [3.05, 3.63) is 132 Å². The first kappa shape index (κ1) is 25.5. The van der Waals surface area contributed by atoms with E-state index in [9.17, 15) is 25.9 Å². The van der Waals surface area contributed by atoms with Crippen molar-refractivity contribution in [2.24, 2.45) is 0 Å². The van der Waals surface area contributed by atoms with Gasteiger partial charge in [0, 0.05) is 5.41 Å². The molecular weight excluding hydrogens is 496 g/mol. The highest BCUT2D eigenvalue weighted by Gasteiger charge is 2.27. The fourth-order valence-electron chi connectivity index (χ4n) is 4.10. The summed E-state index contributed by atoms with van der Waals surface area (Å²) in [6, 6.07) is 22.2. The minimum atomic E-state index is -4.38. The lowest BCUT2D eigenvalue weighted by Gasteiger charge is -2.30. The van der Waals surface area contributed by atoms with Crippen LogP contribution in [0.5, 0.6) is 0 Å². The van der Waals surface area contributed by atoms with Crippen LogP contribution in [-0.4, -0.2) is 25.9 Å². The van der Waals surface area contributed by atoms with E-state index in [1.165, 1.54) is 12.1 Å². The lowest BCUT2D eigenvalue weighted by atomic mass is 9.74. The van der Waals surface area contributed by atoms with Crippen molar-refractivity contribution in [3.63, 3.8) is 0 Å². The summed E-state index contributed by atoms with van der Waals surface area (Å²) >= 11 is 0. The smallest absolute Gasteiger partial charge is 0.282 e. The Labute approximate surface area is 211 Å². The fraction of sp³-hybridized carbons (Fsp3) is 0.0714. The average Bonchev–Trinajstić information content (AvgIpc) is 2.87. The number of hydrogen-bond donors (Lipinski definition) is 2. The minimum Gasteiger partial charge on any atom is -0.282 e. The Morgan fingerprint density at radius 1 is 0.667 bits per heavy atom. The zero-order valence-corrected chi connectivity index (χ0v) is 20.7. The summed E-state index contributed by atoms with van der Waals surface area (Å²) in [5, 5.41) is 0. The van der Waals surface area contributed by atoms with Crippen LogP contribution in [0.1, 0.15) is 23.1 Å². The van der Waals surface area contributed by atoms with E-state index < -0.39 is 25.7 Å². The molecule has 36 heavy (non-hydrogen) atoms. The summed E-state index contributed by atoms with van der Waals surface area (Å²) in [7, 11) is -8.73. The van der Waals surface area contributed by atoms with Gasteiger partial charge >= 0.3 is 0 Å². The zero-order chi connectivity index (χ0) is 25.8. The van der Waals surface area contributed by atoms with Gasteiger partial charge in [0.25, 0.3) is 20.2 Å². The van der Waals surface area contributed by atoms with E-state index in [-0.39, 0.29) is 9.79 Å². The molecule has 0 aromatic heterocycles. The molecule has 4 rings (SSSR count). The monoisotopic (exact) mass is 520 g/mol. The molecule has 0 spiro atoms. The van der Waals surface area contributed by atoms with Gasteiger partial charge < -0.3 is 0 Å². The largest absolute Gasteiger partial charge is 0.295 e. The first-order chi connectivity index (χ1) is 17.1. The molecule has 184 valence electrons. The molecule has 6 nitrogen and oxygen atoms in total. The van der Waals surface area contributed by atoms with Crippen molar-refractivity contribution in [2.45, 2.75) is 21.6 Å². The number of rotatable bonds is 7. The highest BCUT2D eigenvalue weighted by atomic mass is 32.2. The molecule has 1 unspecified atom stereocenters. The third kappa shape index (κ3) is 5.80. The predicted octanol–water partition coefficient (Wildman–Crippen LogP) is 5.73. The Hall–Kier alpha value is -3.56. The van der Waals surface area contributed by atoms with Gasteiger partial charge in [-0.1, -0.05) is 109 Å². The Morgan fingerprint density at radius 2 is 1.19 bits per heavy atom. The molecule has 0 aliphatic heterocycles. The molecule has 2 N–H and O–H groups in total. The summed E-state index contributed by atoms with van der Waals surface area (Å²) in [6.07, 6.45) is 13.5. The molecule has 0 amide bonds. The second-order valence-electron chi connectivity index (χ2n) is 8.34. The van der Waals surface area contributed by atoms with E-state index in [1.807, 2.05) is 54.6 Å². The van der Waals surface area contributed by atoms with Crippen molar-refractivity contribution >= 4 is 32.4 Å². The van der Waals surface area contributed by atoms with Crippen molar-refractivity contribution in [1.29, 1.82) is 0 Å². The quantitative estimate of drug-likeness (QED) is 0.385. The van der Waals surface area contributed by atoms with Gasteiger partial charge in [-0.25, -0.2) is 0 Å². The lowest BCUT2D eigenvalue weighted by Crippen LogP contribution is -2.22.